The normalized spacial score (nSPS) is 19.8. The maximum atomic E-state index is 11.9. The Hall–Kier alpha value is -0.970. The highest BCUT2D eigenvalue weighted by molar-refractivity contribution is 6.18. The predicted octanol–water partition coefficient (Wildman–Crippen LogP) is 2.62. The third-order valence-corrected chi connectivity index (χ3v) is 3.68. The molecule has 1 fully saturated rings. The fraction of sp³-hybridized carbons (Fsp3) is 0.867. The summed E-state index contributed by atoms with van der Waals surface area (Å²) >= 11 is 5.82. The van der Waals surface area contributed by atoms with Gasteiger partial charge >= 0.3 is 6.09 Å². The third-order valence-electron chi connectivity index (χ3n) is 3.24. The summed E-state index contributed by atoms with van der Waals surface area (Å²) in [5.74, 6) is 0.901. The summed E-state index contributed by atoms with van der Waals surface area (Å²) in [6.45, 7) is 11.3. The van der Waals surface area contributed by atoms with Crippen LogP contribution >= 0.6 is 11.6 Å². The van der Waals surface area contributed by atoms with E-state index in [0.29, 0.717) is 31.9 Å². The molecule has 0 saturated carbocycles. The topological polar surface area (TPSA) is 58.6 Å². The number of alkyl carbamates (subject to hydrolysis) is 1. The average Bonchev–Trinajstić information content (AvgIpc) is 2.65. The number of nitrogens with one attached hydrogen (secondary N) is 1. The maximum Gasteiger partial charge on any atom is 0.407 e. The van der Waals surface area contributed by atoms with Crippen molar-refractivity contribution in [2.45, 2.75) is 46.6 Å². The van der Waals surface area contributed by atoms with E-state index in [1.807, 2.05) is 39.5 Å². The molecule has 0 spiro atoms. The number of likely N-dealkylation sites (tertiary alicyclic amines) is 1. The van der Waals surface area contributed by atoms with Gasteiger partial charge in [0.05, 0.1) is 0 Å². The molecule has 1 atom stereocenters. The molecule has 1 aliphatic heterocycles. The predicted molar refractivity (Wildman–Crippen MR) is 83.4 cm³/mol. The lowest BCUT2D eigenvalue weighted by atomic mass is 9.93. The summed E-state index contributed by atoms with van der Waals surface area (Å²) in [7, 11) is 0. The minimum Gasteiger partial charge on any atom is -0.444 e. The fourth-order valence-corrected chi connectivity index (χ4v) is 2.52. The standard InChI is InChI=1S/C15H27ClN2O3/c1-14(2,3)21-13(20)17-9-15(4,5)10-18-8-11(7-16)6-12(18)19/h11H,6-10H2,1-5H3,(H,17,20). The van der Waals surface area contributed by atoms with Gasteiger partial charge < -0.3 is 15.0 Å². The lowest BCUT2D eigenvalue weighted by Gasteiger charge is -2.31. The molecule has 1 N–H and O–H groups in total. The Bertz CT molecular complexity index is 391. The first-order valence-electron chi connectivity index (χ1n) is 7.33. The second-order valence-corrected chi connectivity index (χ2v) is 7.83. The van der Waals surface area contributed by atoms with Crippen molar-refractivity contribution in [1.82, 2.24) is 10.2 Å². The number of halogens is 1. The number of carbonyl (C=O) groups is 2. The quantitative estimate of drug-likeness (QED) is 0.793. The summed E-state index contributed by atoms with van der Waals surface area (Å²) in [6.07, 6.45) is 0.0981. The first-order chi connectivity index (χ1) is 9.52. The molecule has 0 aromatic rings. The van der Waals surface area contributed by atoms with Gasteiger partial charge in [-0.3, -0.25) is 4.79 Å². The number of ether oxygens (including phenoxy) is 1. The van der Waals surface area contributed by atoms with Gasteiger partial charge in [-0.15, -0.1) is 11.6 Å². The van der Waals surface area contributed by atoms with Crippen molar-refractivity contribution >= 4 is 23.6 Å². The zero-order valence-corrected chi connectivity index (χ0v) is 14.4. The summed E-state index contributed by atoms with van der Waals surface area (Å²) < 4.78 is 5.21. The van der Waals surface area contributed by atoms with Crippen molar-refractivity contribution in [3.05, 3.63) is 0 Å². The van der Waals surface area contributed by atoms with Crippen LogP contribution in [-0.4, -0.2) is 48.0 Å². The molecule has 0 aromatic carbocycles. The Balaban J connectivity index is 2.43. The van der Waals surface area contributed by atoms with Crippen LogP contribution in [0.15, 0.2) is 0 Å². The van der Waals surface area contributed by atoms with Crippen molar-refractivity contribution in [2.75, 3.05) is 25.5 Å². The number of hydrogen-bond donors (Lipinski definition) is 1. The van der Waals surface area contributed by atoms with E-state index in [0.717, 1.165) is 0 Å². The Morgan fingerprint density at radius 3 is 2.48 bits per heavy atom. The molecular formula is C15H27ClN2O3. The van der Waals surface area contributed by atoms with Crippen LogP contribution in [0.5, 0.6) is 0 Å². The van der Waals surface area contributed by atoms with Crippen molar-refractivity contribution < 1.29 is 14.3 Å². The fourth-order valence-electron chi connectivity index (χ4n) is 2.31. The van der Waals surface area contributed by atoms with E-state index in [9.17, 15) is 9.59 Å². The molecule has 1 aliphatic rings. The second kappa shape index (κ2) is 6.86. The summed E-state index contributed by atoms with van der Waals surface area (Å²) in [4.78, 5) is 25.4. The molecule has 21 heavy (non-hydrogen) atoms. The van der Waals surface area contributed by atoms with E-state index < -0.39 is 11.7 Å². The Labute approximate surface area is 132 Å². The van der Waals surface area contributed by atoms with Gasteiger partial charge in [-0.1, -0.05) is 13.8 Å². The molecule has 122 valence electrons. The number of nitrogens with zero attached hydrogens (tertiary/aromatic N) is 1. The van der Waals surface area contributed by atoms with E-state index in [2.05, 4.69) is 5.32 Å². The van der Waals surface area contributed by atoms with Crippen molar-refractivity contribution in [3.63, 3.8) is 0 Å². The van der Waals surface area contributed by atoms with Gasteiger partial charge in [-0.25, -0.2) is 4.79 Å². The zero-order valence-electron chi connectivity index (χ0n) is 13.7. The van der Waals surface area contributed by atoms with Crippen LogP contribution in [0.2, 0.25) is 0 Å². The van der Waals surface area contributed by atoms with Gasteiger partial charge in [-0.05, 0) is 32.1 Å². The lowest BCUT2D eigenvalue weighted by Crippen LogP contribution is -2.44. The molecule has 6 heteroatoms. The molecule has 2 amide bonds. The Morgan fingerprint density at radius 2 is 2.00 bits per heavy atom. The van der Waals surface area contributed by atoms with Gasteiger partial charge in [0, 0.05) is 31.9 Å². The highest BCUT2D eigenvalue weighted by atomic mass is 35.5. The van der Waals surface area contributed by atoms with Crippen LogP contribution in [0.1, 0.15) is 41.0 Å². The number of rotatable bonds is 5. The molecule has 1 rings (SSSR count). The maximum absolute atomic E-state index is 11.9. The molecule has 0 bridgehead atoms. The van der Waals surface area contributed by atoms with E-state index in [4.69, 9.17) is 16.3 Å². The zero-order chi connectivity index (χ0) is 16.3. The van der Waals surface area contributed by atoms with Gasteiger partial charge in [0.25, 0.3) is 0 Å². The Morgan fingerprint density at radius 1 is 1.38 bits per heavy atom. The molecule has 1 saturated heterocycles. The lowest BCUT2D eigenvalue weighted by molar-refractivity contribution is -0.128. The van der Waals surface area contributed by atoms with Crippen molar-refractivity contribution in [3.8, 4) is 0 Å². The van der Waals surface area contributed by atoms with Crippen LogP contribution in [0.3, 0.4) is 0 Å². The molecule has 1 unspecified atom stereocenters. The van der Waals surface area contributed by atoms with Gasteiger partial charge in [0.1, 0.15) is 5.60 Å². The Kier molecular flexibility index (Phi) is 5.91. The number of hydrogen-bond acceptors (Lipinski definition) is 3. The van der Waals surface area contributed by atoms with Crippen LogP contribution in [0.4, 0.5) is 4.79 Å². The van der Waals surface area contributed by atoms with Gasteiger partial charge in [0.2, 0.25) is 5.91 Å². The molecule has 0 radical (unpaired) electrons. The molecule has 0 aromatic heterocycles. The number of amides is 2. The summed E-state index contributed by atoms with van der Waals surface area (Å²) in [5, 5.41) is 2.77. The van der Waals surface area contributed by atoms with Crippen LogP contribution in [-0.2, 0) is 9.53 Å². The largest absolute Gasteiger partial charge is 0.444 e. The highest BCUT2D eigenvalue weighted by Gasteiger charge is 2.33. The van der Waals surface area contributed by atoms with Crippen molar-refractivity contribution in [2.24, 2.45) is 11.3 Å². The van der Waals surface area contributed by atoms with E-state index in [1.165, 1.54) is 0 Å². The SMILES string of the molecule is CC(C)(CNC(=O)OC(C)(C)C)CN1CC(CCl)CC1=O. The number of alkyl halides is 1. The number of carbonyl (C=O) groups excluding carboxylic acids is 2. The minimum absolute atomic E-state index is 0.144. The summed E-state index contributed by atoms with van der Waals surface area (Å²) in [5.41, 5.74) is -0.722. The van der Waals surface area contributed by atoms with E-state index in [1.54, 1.807) is 0 Å². The van der Waals surface area contributed by atoms with E-state index in [-0.39, 0.29) is 17.2 Å². The first-order valence-corrected chi connectivity index (χ1v) is 7.86. The van der Waals surface area contributed by atoms with Gasteiger partial charge in [-0.2, -0.15) is 0 Å². The van der Waals surface area contributed by atoms with Crippen LogP contribution < -0.4 is 5.32 Å². The minimum atomic E-state index is -0.507. The van der Waals surface area contributed by atoms with Gasteiger partial charge in [0.15, 0.2) is 0 Å². The summed E-state index contributed by atoms with van der Waals surface area (Å²) in [6, 6.07) is 0. The molecular weight excluding hydrogens is 292 g/mol. The molecule has 5 nitrogen and oxygen atoms in total. The van der Waals surface area contributed by atoms with Crippen molar-refractivity contribution in [1.29, 1.82) is 0 Å². The average molecular weight is 319 g/mol. The molecule has 1 heterocycles. The van der Waals surface area contributed by atoms with E-state index >= 15 is 0 Å². The van der Waals surface area contributed by atoms with Crippen LogP contribution in [0.25, 0.3) is 0 Å². The third kappa shape index (κ3) is 6.55. The second-order valence-electron chi connectivity index (χ2n) is 7.52. The molecule has 0 aliphatic carbocycles. The monoisotopic (exact) mass is 318 g/mol. The first kappa shape index (κ1) is 18.1. The smallest absolute Gasteiger partial charge is 0.407 e. The highest BCUT2D eigenvalue weighted by Crippen LogP contribution is 2.24. The van der Waals surface area contributed by atoms with Crippen LogP contribution in [0, 0.1) is 11.3 Å².